The summed E-state index contributed by atoms with van der Waals surface area (Å²) in [6, 6.07) is 4.62. The molecule has 1 saturated heterocycles. The summed E-state index contributed by atoms with van der Waals surface area (Å²) in [5.41, 5.74) is 0. The Hall–Kier alpha value is -1.31. The summed E-state index contributed by atoms with van der Waals surface area (Å²) in [5, 5.41) is 3.00. The lowest BCUT2D eigenvalue weighted by Crippen LogP contribution is -2.56. The fourth-order valence-corrected chi connectivity index (χ4v) is 3.07. The molecule has 18 heavy (non-hydrogen) atoms. The topological polar surface area (TPSA) is 76.7 Å². The summed E-state index contributed by atoms with van der Waals surface area (Å²) in [4.78, 5) is 0.0938. The molecule has 0 saturated carbocycles. The van der Waals surface area contributed by atoms with Gasteiger partial charge in [0.15, 0.2) is 0 Å². The van der Waals surface area contributed by atoms with E-state index in [0.29, 0.717) is 24.6 Å². The molecule has 0 unspecified atom stereocenters. The van der Waals surface area contributed by atoms with Gasteiger partial charge in [-0.05, 0) is 12.1 Å². The maximum absolute atomic E-state index is 12.2. The third-order valence-corrected chi connectivity index (χ3v) is 4.31. The van der Waals surface area contributed by atoms with Crippen LogP contribution in [0.25, 0.3) is 0 Å². The maximum Gasteiger partial charge on any atom is 0.244 e. The third-order valence-electron chi connectivity index (χ3n) is 2.76. The monoisotopic (exact) mass is 272 g/mol. The summed E-state index contributed by atoms with van der Waals surface area (Å²) in [6.45, 7) is 1.29. The molecule has 2 rings (SSSR count). The first-order valence-electron chi connectivity index (χ1n) is 5.52. The molecule has 1 aromatic carbocycles. The Morgan fingerprint density at radius 2 is 2.00 bits per heavy atom. The average molecular weight is 272 g/mol. The van der Waals surface area contributed by atoms with Crippen molar-refractivity contribution in [3.05, 3.63) is 18.2 Å². The van der Waals surface area contributed by atoms with E-state index in [4.69, 9.17) is 9.47 Å². The first-order chi connectivity index (χ1) is 8.56. The van der Waals surface area contributed by atoms with E-state index >= 15 is 0 Å². The molecule has 1 fully saturated rings. The van der Waals surface area contributed by atoms with Crippen LogP contribution in [0.3, 0.4) is 0 Å². The lowest BCUT2D eigenvalue weighted by atomic mass is 10.2. The van der Waals surface area contributed by atoms with Crippen LogP contribution in [0.5, 0.6) is 11.5 Å². The Kier molecular flexibility index (Phi) is 3.74. The number of benzene rings is 1. The largest absolute Gasteiger partial charge is 0.497 e. The van der Waals surface area contributed by atoms with E-state index in [1.165, 1.54) is 20.3 Å². The van der Waals surface area contributed by atoms with E-state index < -0.39 is 10.0 Å². The summed E-state index contributed by atoms with van der Waals surface area (Å²) < 4.78 is 37.1. The van der Waals surface area contributed by atoms with E-state index in [0.717, 1.165) is 0 Å². The van der Waals surface area contributed by atoms with Gasteiger partial charge in [0.05, 0.1) is 14.2 Å². The van der Waals surface area contributed by atoms with Gasteiger partial charge >= 0.3 is 0 Å². The highest BCUT2D eigenvalue weighted by molar-refractivity contribution is 7.89. The van der Waals surface area contributed by atoms with Crippen LogP contribution in [0.1, 0.15) is 0 Å². The highest BCUT2D eigenvalue weighted by Crippen LogP contribution is 2.28. The van der Waals surface area contributed by atoms with Crippen LogP contribution in [0.4, 0.5) is 0 Å². The molecule has 6 nitrogen and oxygen atoms in total. The van der Waals surface area contributed by atoms with Gasteiger partial charge in [-0.1, -0.05) is 0 Å². The van der Waals surface area contributed by atoms with E-state index in [-0.39, 0.29) is 10.9 Å². The zero-order valence-corrected chi connectivity index (χ0v) is 11.1. The minimum Gasteiger partial charge on any atom is -0.497 e. The third kappa shape index (κ3) is 2.58. The molecule has 0 aromatic heterocycles. The van der Waals surface area contributed by atoms with Gasteiger partial charge in [0, 0.05) is 25.2 Å². The minimum absolute atomic E-state index is 0.0640. The lowest BCUT2D eigenvalue weighted by Gasteiger charge is -2.27. The van der Waals surface area contributed by atoms with E-state index in [1.807, 2.05) is 0 Å². The molecule has 0 spiro atoms. The SMILES string of the molecule is COc1ccc(OC)c(S(=O)(=O)NC2CNC2)c1. The molecule has 0 radical (unpaired) electrons. The Labute approximate surface area is 106 Å². The second-order valence-electron chi connectivity index (χ2n) is 3.99. The first kappa shape index (κ1) is 13.1. The normalized spacial score (nSPS) is 16.1. The van der Waals surface area contributed by atoms with Gasteiger partial charge in [0.25, 0.3) is 0 Å². The van der Waals surface area contributed by atoms with Gasteiger partial charge < -0.3 is 14.8 Å². The Morgan fingerprint density at radius 1 is 1.28 bits per heavy atom. The number of hydrogen-bond donors (Lipinski definition) is 2. The molecule has 1 aromatic rings. The smallest absolute Gasteiger partial charge is 0.244 e. The van der Waals surface area contributed by atoms with Crippen molar-refractivity contribution in [2.75, 3.05) is 27.3 Å². The Morgan fingerprint density at radius 3 is 2.50 bits per heavy atom. The van der Waals surface area contributed by atoms with Gasteiger partial charge in [0.1, 0.15) is 16.4 Å². The van der Waals surface area contributed by atoms with E-state index in [9.17, 15) is 8.42 Å². The molecule has 7 heteroatoms. The zero-order valence-electron chi connectivity index (χ0n) is 10.3. The molecular weight excluding hydrogens is 256 g/mol. The molecule has 1 aliphatic heterocycles. The maximum atomic E-state index is 12.2. The predicted molar refractivity (Wildman–Crippen MR) is 66.5 cm³/mol. The molecule has 2 N–H and O–H groups in total. The van der Waals surface area contributed by atoms with Crippen molar-refractivity contribution in [1.29, 1.82) is 0 Å². The van der Waals surface area contributed by atoms with E-state index in [1.54, 1.807) is 12.1 Å². The second-order valence-corrected chi connectivity index (χ2v) is 5.68. The molecule has 0 atom stereocenters. The molecule has 100 valence electrons. The number of nitrogens with one attached hydrogen (secondary N) is 2. The molecule has 0 bridgehead atoms. The second kappa shape index (κ2) is 5.13. The van der Waals surface area contributed by atoms with Gasteiger partial charge in [0.2, 0.25) is 10.0 Å². The highest BCUT2D eigenvalue weighted by Gasteiger charge is 2.27. The van der Waals surface area contributed by atoms with E-state index in [2.05, 4.69) is 10.0 Å². The number of rotatable bonds is 5. The van der Waals surface area contributed by atoms with Crippen molar-refractivity contribution in [2.45, 2.75) is 10.9 Å². The van der Waals surface area contributed by atoms with Gasteiger partial charge in [-0.25, -0.2) is 13.1 Å². The minimum atomic E-state index is -3.59. The van der Waals surface area contributed by atoms with Crippen LogP contribution in [0.15, 0.2) is 23.1 Å². The number of hydrogen-bond acceptors (Lipinski definition) is 5. The zero-order chi connectivity index (χ0) is 13.2. The van der Waals surface area contributed by atoms with Gasteiger partial charge in [-0.15, -0.1) is 0 Å². The van der Waals surface area contributed by atoms with Crippen LogP contribution in [0, 0.1) is 0 Å². The lowest BCUT2D eigenvalue weighted by molar-refractivity contribution is 0.388. The van der Waals surface area contributed by atoms with Crippen LogP contribution < -0.4 is 19.5 Å². The number of methoxy groups -OCH3 is 2. The van der Waals surface area contributed by atoms with Crippen LogP contribution >= 0.6 is 0 Å². The molecule has 1 heterocycles. The summed E-state index contributed by atoms with van der Waals surface area (Å²) in [7, 11) is -0.667. The summed E-state index contributed by atoms with van der Waals surface area (Å²) in [5.74, 6) is 0.776. The van der Waals surface area contributed by atoms with Crippen LogP contribution in [-0.4, -0.2) is 41.8 Å². The Balaban J connectivity index is 2.34. The van der Waals surface area contributed by atoms with Crippen molar-refractivity contribution in [2.24, 2.45) is 0 Å². The van der Waals surface area contributed by atoms with Crippen LogP contribution in [-0.2, 0) is 10.0 Å². The highest BCUT2D eigenvalue weighted by atomic mass is 32.2. The van der Waals surface area contributed by atoms with Gasteiger partial charge in [-0.2, -0.15) is 0 Å². The summed E-state index contributed by atoms with van der Waals surface area (Å²) in [6.07, 6.45) is 0. The van der Waals surface area contributed by atoms with Crippen molar-refractivity contribution >= 4 is 10.0 Å². The molecule has 0 amide bonds. The predicted octanol–water partition coefficient (Wildman–Crippen LogP) is -0.0461. The Bertz CT molecular complexity index is 526. The van der Waals surface area contributed by atoms with Crippen molar-refractivity contribution < 1.29 is 17.9 Å². The summed E-state index contributed by atoms with van der Waals surface area (Å²) >= 11 is 0. The fraction of sp³-hybridized carbons (Fsp3) is 0.455. The van der Waals surface area contributed by atoms with Gasteiger partial charge in [-0.3, -0.25) is 0 Å². The fourth-order valence-electron chi connectivity index (χ4n) is 1.65. The quantitative estimate of drug-likeness (QED) is 0.786. The average Bonchev–Trinajstić information content (AvgIpc) is 2.33. The first-order valence-corrected chi connectivity index (χ1v) is 7.00. The van der Waals surface area contributed by atoms with Crippen molar-refractivity contribution in [1.82, 2.24) is 10.0 Å². The molecular formula is C11H16N2O4S. The van der Waals surface area contributed by atoms with Crippen LogP contribution in [0.2, 0.25) is 0 Å². The molecule has 0 aliphatic carbocycles. The number of ether oxygens (including phenoxy) is 2. The van der Waals surface area contributed by atoms with Crippen molar-refractivity contribution in [3.63, 3.8) is 0 Å². The molecule has 1 aliphatic rings. The van der Waals surface area contributed by atoms with Crippen molar-refractivity contribution in [3.8, 4) is 11.5 Å². The number of sulfonamides is 1. The standard InChI is InChI=1S/C11H16N2O4S/c1-16-9-3-4-10(17-2)11(5-9)18(14,15)13-8-6-12-7-8/h3-5,8,12-13H,6-7H2,1-2H3.